The van der Waals surface area contributed by atoms with E-state index in [2.05, 4.69) is 0 Å². The van der Waals surface area contributed by atoms with Gasteiger partial charge in [0.05, 0.1) is 6.42 Å². The van der Waals surface area contributed by atoms with E-state index in [1.807, 2.05) is 0 Å². The van der Waals surface area contributed by atoms with Crippen molar-refractivity contribution >= 4 is 11.9 Å². The number of hydrogen-bond acceptors (Lipinski definition) is 2. The summed E-state index contributed by atoms with van der Waals surface area (Å²) >= 11 is 0. The lowest BCUT2D eigenvalue weighted by molar-refractivity contribution is -0.138. The van der Waals surface area contributed by atoms with Crippen molar-refractivity contribution in [2.24, 2.45) is 0 Å². The fraction of sp³-hybridized carbons (Fsp3) is 0.333. The number of benzene rings is 1. The molecule has 1 amide bonds. The van der Waals surface area contributed by atoms with Crippen LogP contribution in [0.3, 0.4) is 0 Å². The molecule has 0 radical (unpaired) electrons. The molecular formula is C12H14FNO3. The van der Waals surface area contributed by atoms with E-state index in [0.29, 0.717) is 5.56 Å². The third kappa shape index (κ3) is 4.22. The first-order chi connectivity index (χ1) is 8.00. The fourth-order valence-electron chi connectivity index (χ4n) is 1.41. The highest BCUT2D eigenvalue weighted by molar-refractivity contribution is 5.74. The monoisotopic (exact) mass is 239 g/mol. The van der Waals surface area contributed by atoms with Gasteiger partial charge in [0.2, 0.25) is 5.91 Å². The molecule has 0 bridgehead atoms. The molecule has 1 rings (SSSR count). The molecule has 1 aromatic carbocycles. The second-order valence-electron chi connectivity index (χ2n) is 3.68. The molecule has 0 spiro atoms. The van der Waals surface area contributed by atoms with Crippen molar-refractivity contribution in [1.82, 2.24) is 4.90 Å². The molecule has 4 nitrogen and oxygen atoms in total. The number of carboxylic acid groups (broad SMARTS) is 1. The van der Waals surface area contributed by atoms with Gasteiger partial charge in [0.25, 0.3) is 0 Å². The maximum absolute atomic E-state index is 13.4. The highest BCUT2D eigenvalue weighted by Crippen LogP contribution is 2.10. The highest BCUT2D eigenvalue weighted by atomic mass is 19.1. The minimum absolute atomic E-state index is 0.0823. The standard InChI is InChI=1S/C12H14FNO3/c1-9(15)14(7-6-12(16)17)8-10-4-2-3-5-11(10)13/h2-5H,6-8H2,1H3,(H,16,17). The van der Waals surface area contributed by atoms with Crippen LogP contribution in [0.4, 0.5) is 4.39 Å². The van der Waals surface area contributed by atoms with E-state index in [1.165, 1.54) is 17.9 Å². The minimum atomic E-state index is -0.982. The number of carbonyl (C=O) groups excluding carboxylic acids is 1. The van der Waals surface area contributed by atoms with Gasteiger partial charge < -0.3 is 10.0 Å². The zero-order chi connectivity index (χ0) is 12.8. The summed E-state index contributed by atoms with van der Waals surface area (Å²) in [6.07, 6.45) is -0.145. The summed E-state index contributed by atoms with van der Waals surface area (Å²) in [5.41, 5.74) is 0.382. The van der Waals surface area contributed by atoms with E-state index in [-0.39, 0.29) is 25.4 Å². The van der Waals surface area contributed by atoms with Gasteiger partial charge in [0, 0.05) is 25.6 Å². The van der Waals surface area contributed by atoms with E-state index in [1.54, 1.807) is 18.2 Å². The van der Waals surface area contributed by atoms with Crippen LogP contribution in [0, 0.1) is 5.82 Å². The van der Waals surface area contributed by atoms with E-state index in [4.69, 9.17) is 5.11 Å². The van der Waals surface area contributed by atoms with Crippen LogP contribution < -0.4 is 0 Å². The Morgan fingerprint density at radius 3 is 2.53 bits per heavy atom. The summed E-state index contributed by atoms with van der Waals surface area (Å²) in [6, 6.07) is 6.12. The quantitative estimate of drug-likeness (QED) is 0.850. The summed E-state index contributed by atoms with van der Waals surface area (Å²) in [5.74, 6) is -1.65. The van der Waals surface area contributed by atoms with Gasteiger partial charge in [0.1, 0.15) is 5.82 Å². The van der Waals surface area contributed by atoms with Gasteiger partial charge in [0.15, 0.2) is 0 Å². The summed E-state index contributed by atoms with van der Waals surface area (Å²) in [6.45, 7) is 1.51. The van der Waals surface area contributed by atoms with Crippen LogP contribution in [0.15, 0.2) is 24.3 Å². The molecule has 92 valence electrons. The van der Waals surface area contributed by atoms with Crippen molar-refractivity contribution in [3.8, 4) is 0 Å². The first-order valence-corrected chi connectivity index (χ1v) is 5.21. The van der Waals surface area contributed by atoms with Crippen LogP contribution in [-0.2, 0) is 16.1 Å². The van der Waals surface area contributed by atoms with Crippen molar-refractivity contribution in [3.05, 3.63) is 35.6 Å². The van der Waals surface area contributed by atoms with Gasteiger partial charge in [-0.25, -0.2) is 4.39 Å². The number of carbonyl (C=O) groups is 2. The zero-order valence-corrected chi connectivity index (χ0v) is 9.52. The normalized spacial score (nSPS) is 10.0. The smallest absolute Gasteiger partial charge is 0.305 e. The number of aliphatic carboxylic acids is 1. The number of nitrogens with zero attached hydrogens (tertiary/aromatic N) is 1. The Bertz CT molecular complexity index is 420. The second-order valence-corrected chi connectivity index (χ2v) is 3.68. The predicted molar refractivity (Wildman–Crippen MR) is 59.7 cm³/mol. The van der Waals surface area contributed by atoms with Crippen LogP contribution in [-0.4, -0.2) is 28.4 Å². The van der Waals surface area contributed by atoms with Crippen molar-refractivity contribution in [1.29, 1.82) is 0 Å². The lowest BCUT2D eigenvalue weighted by Gasteiger charge is -2.20. The predicted octanol–water partition coefficient (Wildman–Crippen LogP) is 1.65. The summed E-state index contributed by atoms with van der Waals surface area (Å²) < 4.78 is 13.4. The Morgan fingerprint density at radius 1 is 1.35 bits per heavy atom. The molecule has 1 N–H and O–H groups in total. The lowest BCUT2D eigenvalue weighted by Crippen LogP contribution is -2.30. The highest BCUT2D eigenvalue weighted by Gasteiger charge is 2.13. The Morgan fingerprint density at radius 2 is 2.00 bits per heavy atom. The molecule has 1 aromatic rings. The molecule has 0 saturated heterocycles. The van der Waals surface area contributed by atoms with Crippen molar-refractivity contribution in [2.75, 3.05) is 6.54 Å². The molecule has 17 heavy (non-hydrogen) atoms. The Hall–Kier alpha value is -1.91. The van der Waals surface area contributed by atoms with Crippen LogP contribution in [0.1, 0.15) is 18.9 Å². The SMILES string of the molecule is CC(=O)N(CCC(=O)O)Cc1ccccc1F. The molecule has 0 heterocycles. The molecule has 0 unspecified atom stereocenters. The molecule has 0 atom stereocenters. The summed E-state index contributed by atoms with van der Waals surface area (Å²) in [5, 5.41) is 8.55. The molecule has 0 aliphatic heterocycles. The largest absolute Gasteiger partial charge is 0.481 e. The van der Waals surface area contributed by atoms with Gasteiger partial charge in [-0.3, -0.25) is 9.59 Å². The first-order valence-electron chi connectivity index (χ1n) is 5.21. The van der Waals surface area contributed by atoms with Gasteiger partial charge in [-0.1, -0.05) is 18.2 Å². The second kappa shape index (κ2) is 5.98. The Balaban J connectivity index is 2.70. The Kier molecular flexibility index (Phi) is 4.63. The molecule has 0 saturated carbocycles. The molecule has 0 aliphatic carbocycles. The molecular weight excluding hydrogens is 225 g/mol. The van der Waals surface area contributed by atoms with Gasteiger partial charge >= 0.3 is 5.97 Å². The average molecular weight is 239 g/mol. The van der Waals surface area contributed by atoms with Gasteiger partial charge in [-0.15, -0.1) is 0 Å². The number of hydrogen-bond donors (Lipinski definition) is 1. The van der Waals surface area contributed by atoms with Crippen molar-refractivity contribution in [3.63, 3.8) is 0 Å². The molecule has 5 heteroatoms. The van der Waals surface area contributed by atoms with E-state index < -0.39 is 11.8 Å². The maximum atomic E-state index is 13.4. The van der Waals surface area contributed by atoms with Crippen LogP contribution >= 0.6 is 0 Å². The lowest BCUT2D eigenvalue weighted by atomic mass is 10.2. The number of rotatable bonds is 5. The summed E-state index contributed by atoms with van der Waals surface area (Å²) in [7, 11) is 0. The third-order valence-electron chi connectivity index (χ3n) is 2.36. The zero-order valence-electron chi connectivity index (χ0n) is 9.52. The average Bonchev–Trinajstić information content (AvgIpc) is 2.25. The van der Waals surface area contributed by atoms with Crippen LogP contribution in [0.25, 0.3) is 0 Å². The number of amides is 1. The van der Waals surface area contributed by atoms with Crippen molar-refractivity contribution < 1.29 is 19.1 Å². The maximum Gasteiger partial charge on any atom is 0.305 e. The fourth-order valence-corrected chi connectivity index (χ4v) is 1.41. The van der Waals surface area contributed by atoms with E-state index in [0.717, 1.165) is 0 Å². The Labute approximate surface area is 98.7 Å². The first kappa shape index (κ1) is 13.2. The minimum Gasteiger partial charge on any atom is -0.481 e. The van der Waals surface area contributed by atoms with Gasteiger partial charge in [-0.05, 0) is 6.07 Å². The molecule has 0 aliphatic rings. The molecule has 0 fully saturated rings. The molecule has 0 aromatic heterocycles. The van der Waals surface area contributed by atoms with E-state index in [9.17, 15) is 14.0 Å². The van der Waals surface area contributed by atoms with Crippen molar-refractivity contribution in [2.45, 2.75) is 19.9 Å². The summed E-state index contributed by atoms with van der Waals surface area (Å²) in [4.78, 5) is 23.0. The number of carboxylic acids is 1. The van der Waals surface area contributed by atoms with E-state index >= 15 is 0 Å². The van der Waals surface area contributed by atoms with Gasteiger partial charge in [-0.2, -0.15) is 0 Å². The number of halogens is 1. The van der Waals surface area contributed by atoms with Crippen LogP contribution in [0.2, 0.25) is 0 Å². The third-order valence-corrected chi connectivity index (χ3v) is 2.36. The van der Waals surface area contributed by atoms with Crippen LogP contribution in [0.5, 0.6) is 0 Å². The topological polar surface area (TPSA) is 57.6 Å².